The first-order valence-corrected chi connectivity index (χ1v) is 8.56. The van der Waals surface area contributed by atoms with Crippen LogP contribution in [0.5, 0.6) is 0 Å². The number of aromatic nitrogens is 3. The minimum atomic E-state index is 0.115. The molecule has 3 heterocycles. The second-order valence-corrected chi connectivity index (χ2v) is 7.25. The number of thiophene rings is 1. The van der Waals surface area contributed by atoms with Gasteiger partial charge in [0.15, 0.2) is 5.82 Å². The second-order valence-electron chi connectivity index (χ2n) is 6.35. The van der Waals surface area contributed by atoms with E-state index in [2.05, 4.69) is 52.4 Å². The van der Waals surface area contributed by atoms with E-state index in [4.69, 9.17) is 0 Å². The smallest absolute Gasteiger partial charge is 0.181 e. The van der Waals surface area contributed by atoms with Gasteiger partial charge in [0.25, 0.3) is 0 Å². The minimum Gasteiger partial charge on any atom is -0.368 e. The van der Waals surface area contributed by atoms with Gasteiger partial charge in [-0.2, -0.15) is 0 Å². The van der Waals surface area contributed by atoms with Crippen molar-refractivity contribution in [2.75, 3.05) is 18.4 Å². The average molecular weight is 327 g/mol. The van der Waals surface area contributed by atoms with Crippen molar-refractivity contribution in [3.05, 3.63) is 35.8 Å². The number of nitrogens with zero attached hydrogens (tertiary/aromatic N) is 3. The van der Waals surface area contributed by atoms with Crippen molar-refractivity contribution < 1.29 is 0 Å². The number of pyridine rings is 1. The molecule has 6 heteroatoms. The highest BCUT2D eigenvalue weighted by atomic mass is 32.1. The summed E-state index contributed by atoms with van der Waals surface area (Å²) in [5.74, 6) is 1.53. The van der Waals surface area contributed by atoms with Gasteiger partial charge in [-0.15, -0.1) is 11.3 Å². The van der Waals surface area contributed by atoms with Crippen LogP contribution in [0.15, 0.2) is 35.8 Å². The first-order valence-electron chi connectivity index (χ1n) is 7.68. The average Bonchev–Trinajstić information content (AvgIpc) is 3.00. The van der Waals surface area contributed by atoms with Gasteiger partial charge in [0.1, 0.15) is 16.3 Å². The Labute approximate surface area is 140 Å². The summed E-state index contributed by atoms with van der Waals surface area (Å²) in [6.07, 6.45) is 1.76. The van der Waals surface area contributed by atoms with E-state index in [0.29, 0.717) is 5.82 Å². The number of anilines is 1. The molecule has 3 rings (SSSR count). The zero-order chi connectivity index (χ0) is 16.3. The van der Waals surface area contributed by atoms with Crippen molar-refractivity contribution in [2.24, 2.45) is 0 Å². The van der Waals surface area contributed by atoms with Crippen LogP contribution in [0, 0.1) is 0 Å². The highest BCUT2D eigenvalue weighted by Gasteiger charge is 2.12. The van der Waals surface area contributed by atoms with Gasteiger partial charge < -0.3 is 10.6 Å². The van der Waals surface area contributed by atoms with Gasteiger partial charge in [0, 0.05) is 24.8 Å². The van der Waals surface area contributed by atoms with Gasteiger partial charge in [-0.1, -0.05) is 6.07 Å². The maximum atomic E-state index is 4.67. The molecule has 5 nitrogen and oxygen atoms in total. The van der Waals surface area contributed by atoms with E-state index in [-0.39, 0.29) is 5.54 Å². The van der Waals surface area contributed by atoms with Crippen molar-refractivity contribution >= 4 is 27.4 Å². The molecule has 2 N–H and O–H groups in total. The fraction of sp³-hybridized carbons (Fsp3) is 0.353. The molecule has 3 aromatic heterocycles. The number of nitrogens with one attached hydrogen (secondary N) is 2. The third-order valence-electron chi connectivity index (χ3n) is 3.29. The van der Waals surface area contributed by atoms with Gasteiger partial charge in [-0.3, -0.25) is 4.98 Å². The summed E-state index contributed by atoms with van der Waals surface area (Å²) in [6.45, 7) is 8.16. The first kappa shape index (κ1) is 15.8. The van der Waals surface area contributed by atoms with E-state index < -0.39 is 0 Å². The predicted molar refractivity (Wildman–Crippen MR) is 96.9 cm³/mol. The van der Waals surface area contributed by atoms with E-state index >= 15 is 0 Å². The maximum absolute atomic E-state index is 4.67. The number of hydrogen-bond acceptors (Lipinski definition) is 6. The molecule has 0 atom stereocenters. The molecule has 0 spiro atoms. The van der Waals surface area contributed by atoms with Crippen LogP contribution in [0.4, 0.5) is 5.82 Å². The lowest BCUT2D eigenvalue weighted by Gasteiger charge is -2.20. The van der Waals surface area contributed by atoms with Gasteiger partial charge in [-0.25, -0.2) is 9.97 Å². The molecule has 0 bridgehead atoms. The molecule has 0 fully saturated rings. The Bertz CT molecular complexity index is 777. The Balaban J connectivity index is 1.83. The molecule has 0 aromatic carbocycles. The first-order chi connectivity index (χ1) is 11.0. The SMILES string of the molecule is CC(C)(C)NCCNc1nc(-c2ccccn2)nc2sccc12. The Morgan fingerprint density at radius 2 is 1.96 bits per heavy atom. The topological polar surface area (TPSA) is 62.7 Å². The van der Waals surface area contributed by atoms with Gasteiger partial charge in [0.2, 0.25) is 0 Å². The Morgan fingerprint density at radius 3 is 2.70 bits per heavy atom. The summed E-state index contributed by atoms with van der Waals surface area (Å²) in [5.41, 5.74) is 0.906. The molecule has 0 unspecified atom stereocenters. The number of hydrogen-bond donors (Lipinski definition) is 2. The molecule has 3 aromatic rings. The van der Waals surface area contributed by atoms with E-state index in [1.165, 1.54) is 0 Å². The third-order valence-corrected chi connectivity index (χ3v) is 4.10. The molecule has 0 radical (unpaired) electrons. The van der Waals surface area contributed by atoms with Crippen LogP contribution < -0.4 is 10.6 Å². The predicted octanol–water partition coefficient (Wildman–Crippen LogP) is 3.55. The molecule has 0 saturated carbocycles. The van der Waals surface area contributed by atoms with Crippen molar-refractivity contribution in [2.45, 2.75) is 26.3 Å². The minimum absolute atomic E-state index is 0.115. The van der Waals surface area contributed by atoms with Crippen LogP contribution in [0.3, 0.4) is 0 Å². The molecule has 0 aliphatic rings. The van der Waals surface area contributed by atoms with E-state index in [1.807, 2.05) is 23.6 Å². The van der Waals surface area contributed by atoms with E-state index in [1.54, 1.807) is 17.5 Å². The summed E-state index contributed by atoms with van der Waals surface area (Å²) in [5, 5.41) is 9.99. The van der Waals surface area contributed by atoms with Crippen molar-refractivity contribution in [3.63, 3.8) is 0 Å². The molecule has 0 aliphatic carbocycles. The Morgan fingerprint density at radius 1 is 1.09 bits per heavy atom. The molecule has 23 heavy (non-hydrogen) atoms. The largest absolute Gasteiger partial charge is 0.368 e. The fourth-order valence-electron chi connectivity index (χ4n) is 2.22. The van der Waals surface area contributed by atoms with Gasteiger partial charge in [-0.05, 0) is 44.4 Å². The van der Waals surface area contributed by atoms with Crippen LogP contribution >= 0.6 is 11.3 Å². The van der Waals surface area contributed by atoms with E-state index in [0.717, 1.165) is 34.8 Å². The zero-order valence-corrected chi connectivity index (χ0v) is 14.4. The molecule has 0 aliphatic heterocycles. The van der Waals surface area contributed by atoms with Crippen molar-refractivity contribution in [1.29, 1.82) is 0 Å². The molecule has 0 saturated heterocycles. The highest BCUT2D eigenvalue weighted by Crippen LogP contribution is 2.27. The molecule has 120 valence electrons. The summed E-state index contributed by atoms with van der Waals surface area (Å²) < 4.78 is 0. The molecule has 0 amide bonds. The molecular formula is C17H21N5S. The monoisotopic (exact) mass is 327 g/mol. The zero-order valence-electron chi connectivity index (χ0n) is 13.6. The summed E-state index contributed by atoms with van der Waals surface area (Å²) in [7, 11) is 0. The van der Waals surface area contributed by atoms with Gasteiger partial charge in [0.05, 0.1) is 5.39 Å². The lowest BCUT2D eigenvalue weighted by Crippen LogP contribution is -2.38. The van der Waals surface area contributed by atoms with Crippen LogP contribution in [-0.4, -0.2) is 33.6 Å². The summed E-state index contributed by atoms with van der Waals surface area (Å²) in [4.78, 5) is 14.6. The summed E-state index contributed by atoms with van der Waals surface area (Å²) in [6, 6.07) is 7.83. The lowest BCUT2D eigenvalue weighted by molar-refractivity contribution is 0.435. The normalized spacial score (nSPS) is 11.8. The standard InChI is InChI=1S/C17H21N5S/c1-17(2,3)20-10-9-19-14-12-7-11-23-16(12)22-15(21-14)13-6-4-5-8-18-13/h4-8,11,20H,9-10H2,1-3H3,(H,19,21,22). The number of fused-ring (bicyclic) bond motifs is 1. The Kier molecular flexibility index (Phi) is 4.54. The molecular weight excluding hydrogens is 306 g/mol. The van der Waals surface area contributed by atoms with Crippen LogP contribution in [0.25, 0.3) is 21.7 Å². The number of rotatable bonds is 5. The van der Waals surface area contributed by atoms with Crippen LogP contribution in [0.2, 0.25) is 0 Å². The van der Waals surface area contributed by atoms with E-state index in [9.17, 15) is 0 Å². The van der Waals surface area contributed by atoms with Crippen molar-refractivity contribution in [3.8, 4) is 11.5 Å². The highest BCUT2D eigenvalue weighted by molar-refractivity contribution is 7.16. The quantitative estimate of drug-likeness (QED) is 0.702. The third kappa shape index (κ3) is 4.03. The lowest BCUT2D eigenvalue weighted by atomic mass is 10.1. The summed E-state index contributed by atoms with van der Waals surface area (Å²) >= 11 is 1.62. The van der Waals surface area contributed by atoms with Crippen LogP contribution in [0.1, 0.15) is 20.8 Å². The van der Waals surface area contributed by atoms with Gasteiger partial charge >= 0.3 is 0 Å². The second kappa shape index (κ2) is 6.60. The Hall–Kier alpha value is -2.05. The fourth-order valence-corrected chi connectivity index (χ4v) is 2.98. The maximum Gasteiger partial charge on any atom is 0.181 e. The van der Waals surface area contributed by atoms with Crippen LogP contribution in [-0.2, 0) is 0 Å². The van der Waals surface area contributed by atoms with Crippen molar-refractivity contribution in [1.82, 2.24) is 20.3 Å².